The molecule has 1 aliphatic rings. The number of aromatic nitrogens is 2. The van der Waals surface area contributed by atoms with Crippen molar-refractivity contribution < 1.29 is 14.1 Å². The second kappa shape index (κ2) is 6.60. The number of hydrogen-bond donors (Lipinski definition) is 0. The molecule has 3 rings (SSSR count). The minimum Gasteiger partial charge on any atom is -0.493 e. The smallest absolute Gasteiger partial charge is 0.226 e. The predicted molar refractivity (Wildman–Crippen MR) is 79.3 cm³/mol. The van der Waals surface area contributed by atoms with Gasteiger partial charge >= 0.3 is 0 Å². The van der Waals surface area contributed by atoms with E-state index in [9.17, 15) is 4.79 Å². The van der Waals surface area contributed by atoms with Crippen LogP contribution in [-0.2, 0) is 4.79 Å². The quantitative estimate of drug-likeness (QED) is 0.848. The monoisotopic (exact) mass is 301 g/mol. The molecule has 1 atom stereocenters. The maximum absolute atomic E-state index is 12.4. The van der Waals surface area contributed by atoms with E-state index in [1.807, 2.05) is 36.1 Å². The first-order chi connectivity index (χ1) is 10.7. The number of carbonyl (C=O) groups is 1. The lowest BCUT2D eigenvalue weighted by atomic mass is 10.2. The molecule has 2 heterocycles. The predicted octanol–water partition coefficient (Wildman–Crippen LogP) is 2.51. The molecule has 22 heavy (non-hydrogen) atoms. The van der Waals surface area contributed by atoms with Crippen molar-refractivity contribution >= 4 is 5.91 Å². The van der Waals surface area contributed by atoms with Gasteiger partial charge in [-0.2, -0.15) is 4.98 Å². The zero-order valence-corrected chi connectivity index (χ0v) is 12.6. The summed E-state index contributed by atoms with van der Waals surface area (Å²) in [6.07, 6.45) is 3.49. The van der Waals surface area contributed by atoms with Crippen molar-refractivity contribution in [1.82, 2.24) is 15.0 Å². The van der Waals surface area contributed by atoms with E-state index in [4.69, 9.17) is 9.26 Å². The summed E-state index contributed by atoms with van der Waals surface area (Å²) in [4.78, 5) is 18.3. The highest BCUT2D eigenvalue weighted by Gasteiger charge is 2.32. The van der Waals surface area contributed by atoms with Crippen LogP contribution in [0.5, 0.6) is 5.75 Å². The van der Waals surface area contributed by atoms with Gasteiger partial charge in [-0.05, 0) is 37.5 Å². The normalized spacial score (nSPS) is 17.7. The van der Waals surface area contributed by atoms with Gasteiger partial charge in [0.1, 0.15) is 5.75 Å². The lowest BCUT2D eigenvalue weighted by Crippen LogP contribution is -2.32. The van der Waals surface area contributed by atoms with Crippen LogP contribution in [0, 0.1) is 6.92 Å². The molecule has 0 bridgehead atoms. The van der Waals surface area contributed by atoms with Crippen molar-refractivity contribution in [3.05, 3.63) is 42.0 Å². The fraction of sp³-hybridized carbons (Fsp3) is 0.438. The van der Waals surface area contributed by atoms with Gasteiger partial charge in [-0.15, -0.1) is 0 Å². The Labute approximate surface area is 129 Å². The highest BCUT2D eigenvalue weighted by molar-refractivity contribution is 5.77. The summed E-state index contributed by atoms with van der Waals surface area (Å²) in [6.45, 7) is 3.12. The molecule has 1 aromatic heterocycles. The average Bonchev–Trinajstić information content (AvgIpc) is 3.18. The van der Waals surface area contributed by atoms with E-state index >= 15 is 0 Å². The highest BCUT2D eigenvalue weighted by atomic mass is 16.5. The molecule has 1 fully saturated rings. The van der Waals surface area contributed by atoms with Crippen molar-refractivity contribution in [2.45, 2.75) is 32.2 Å². The zero-order chi connectivity index (χ0) is 15.4. The molecule has 0 spiro atoms. The first kappa shape index (κ1) is 14.6. The van der Waals surface area contributed by atoms with Crippen LogP contribution < -0.4 is 4.74 Å². The molecule has 6 heteroatoms. The van der Waals surface area contributed by atoms with E-state index in [1.54, 1.807) is 0 Å². The summed E-state index contributed by atoms with van der Waals surface area (Å²) in [5, 5.41) is 3.86. The number of aryl methyl sites for hydroxylation is 1. The summed E-state index contributed by atoms with van der Waals surface area (Å²) in [7, 11) is 0. The van der Waals surface area contributed by atoms with Gasteiger partial charge in [0, 0.05) is 6.54 Å². The van der Waals surface area contributed by atoms with E-state index in [-0.39, 0.29) is 11.9 Å². The highest BCUT2D eigenvalue weighted by Crippen LogP contribution is 2.30. The molecule has 0 radical (unpaired) electrons. The first-order valence-electron chi connectivity index (χ1n) is 7.49. The number of amides is 1. The van der Waals surface area contributed by atoms with Crippen LogP contribution in [-0.4, -0.2) is 34.1 Å². The standard InChI is InChI=1S/C16H19N3O3/c1-12-4-2-5-13(10-12)21-9-7-15(20)19-8-3-6-14(19)16-17-11-22-18-16/h2,4-5,10-11,14H,3,6-9H2,1H3. The van der Waals surface area contributed by atoms with Crippen LogP contribution >= 0.6 is 0 Å². The van der Waals surface area contributed by atoms with Crippen molar-refractivity contribution in [3.8, 4) is 5.75 Å². The van der Waals surface area contributed by atoms with Crippen LogP contribution in [0.2, 0.25) is 0 Å². The van der Waals surface area contributed by atoms with Gasteiger partial charge in [0.05, 0.1) is 19.1 Å². The topological polar surface area (TPSA) is 68.5 Å². The molecular formula is C16H19N3O3. The van der Waals surface area contributed by atoms with Crippen LogP contribution in [0.15, 0.2) is 35.2 Å². The molecule has 1 aromatic carbocycles. The second-order valence-corrected chi connectivity index (χ2v) is 5.45. The van der Waals surface area contributed by atoms with Crippen molar-refractivity contribution in [1.29, 1.82) is 0 Å². The van der Waals surface area contributed by atoms with E-state index < -0.39 is 0 Å². The molecular weight excluding hydrogens is 282 g/mol. The Morgan fingerprint density at radius 3 is 3.18 bits per heavy atom. The molecule has 0 saturated carbocycles. The lowest BCUT2D eigenvalue weighted by Gasteiger charge is -2.22. The van der Waals surface area contributed by atoms with Crippen LogP contribution in [0.1, 0.15) is 36.7 Å². The Balaban J connectivity index is 1.53. The van der Waals surface area contributed by atoms with Gasteiger partial charge in [-0.25, -0.2) is 0 Å². The third kappa shape index (κ3) is 3.27. The molecule has 6 nitrogen and oxygen atoms in total. The SMILES string of the molecule is Cc1cccc(OCCC(=O)N2CCCC2c2ncon2)c1. The van der Waals surface area contributed by atoms with Crippen molar-refractivity contribution in [3.63, 3.8) is 0 Å². The summed E-state index contributed by atoms with van der Waals surface area (Å²) in [5.41, 5.74) is 1.14. The Bertz CT molecular complexity index is 627. The molecule has 1 aliphatic heterocycles. The first-order valence-corrected chi connectivity index (χ1v) is 7.49. The number of benzene rings is 1. The van der Waals surface area contributed by atoms with E-state index in [1.165, 1.54) is 6.39 Å². The van der Waals surface area contributed by atoms with Crippen LogP contribution in [0.3, 0.4) is 0 Å². The summed E-state index contributed by atoms with van der Waals surface area (Å²) in [6, 6.07) is 7.75. The van der Waals surface area contributed by atoms with E-state index in [2.05, 4.69) is 10.1 Å². The number of hydrogen-bond acceptors (Lipinski definition) is 5. The Hall–Kier alpha value is -2.37. The fourth-order valence-corrected chi connectivity index (χ4v) is 2.76. The summed E-state index contributed by atoms with van der Waals surface area (Å²) in [5.74, 6) is 1.45. The molecule has 2 aromatic rings. The Morgan fingerprint density at radius 2 is 2.41 bits per heavy atom. The average molecular weight is 301 g/mol. The number of ether oxygens (including phenoxy) is 1. The number of rotatable bonds is 5. The van der Waals surface area contributed by atoms with Gasteiger partial charge in [-0.1, -0.05) is 17.3 Å². The van der Waals surface area contributed by atoms with Gasteiger partial charge in [-0.3, -0.25) is 4.79 Å². The maximum atomic E-state index is 12.4. The number of nitrogens with zero attached hydrogens (tertiary/aromatic N) is 3. The lowest BCUT2D eigenvalue weighted by molar-refractivity contribution is -0.132. The molecule has 116 valence electrons. The molecule has 1 saturated heterocycles. The maximum Gasteiger partial charge on any atom is 0.226 e. The van der Waals surface area contributed by atoms with Gasteiger partial charge < -0.3 is 14.2 Å². The van der Waals surface area contributed by atoms with E-state index in [0.29, 0.717) is 18.9 Å². The minimum absolute atomic E-state index is 0.0646. The molecule has 0 aliphatic carbocycles. The largest absolute Gasteiger partial charge is 0.493 e. The molecule has 1 unspecified atom stereocenters. The Morgan fingerprint density at radius 1 is 1.50 bits per heavy atom. The van der Waals surface area contributed by atoms with Gasteiger partial charge in [0.2, 0.25) is 12.3 Å². The third-order valence-electron chi connectivity index (χ3n) is 3.82. The summed E-state index contributed by atoms with van der Waals surface area (Å²) >= 11 is 0. The minimum atomic E-state index is -0.0646. The van der Waals surface area contributed by atoms with Crippen LogP contribution in [0.25, 0.3) is 0 Å². The number of carbonyl (C=O) groups excluding carboxylic acids is 1. The van der Waals surface area contributed by atoms with Gasteiger partial charge in [0.25, 0.3) is 0 Å². The second-order valence-electron chi connectivity index (χ2n) is 5.45. The summed E-state index contributed by atoms with van der Waals surface area (Å²) < 4.78 is 10.4. The molecule has 0 N–H and O–H groups in total. The van der Waals surface area contributed by atoms with E-state index in [0.717, 1.165) is 30.7 Å². The van der Waals surface area contributed by atoms with Crippen LogP contribution in [0.4, 0.5) is 0 Å². The molecule has 1 amide bonds. The van der Waals surface area contributed by atoms with Gasteiger partial charge in [0.15, 0.2) is 5.82 Å². The third-order valence-corrected chi connectivity index (χ3v) is 3.82. The Kier molecular flexibility index (Phi) is 4.37. The number of likely N-dealkylation sites (tertiary alicyclic amines) is 1. The van der Waals surface area contributed by atoms with Crippen molar-refractivity contribution in [2.75, 3.05) is 13.2 Å². The fourth-order valence-electron chi connectivity index (χ4n) is 2.76. The van der Waals surface area contributed by atoms with Crippen molar-refractivity contribution in [2.24, 2.45) is 0 Å². The zero-order valence-electron chi connectivity index (χ0n) is 12.6.